The zero-order valence-electron chi connectivity index (χ0n) is 19.8. The molecule has 8 heteroatoms. The van der Waals surface area contributed by atoms with E-state index in [2.05, 4.69) is 30.5 Å². The molecule has 0 bridgehead atoms. The number of aromatic nitrogens is 1. The number of ether oxygens (including phenoxy) is 1. The van der Waals surface area contributed by atoms with Crippen molar-refractivity contribution in [3.05, 3.63) is 66.4 Å². The Labute approximate surface area is 201 Å². The van der Waals surface area contributed by atoms with Crippen LogP contribution in [0.1, 0.15) is 39.2 Å². The Morgan fingerprint density at radius 3 is 2.41 bits per heavy atom. The molecule has 0 unspecified atom stereocenters. The van der Waals surface area contributed by atoms with Gasteiger partial charge in [0.2, 0.25) is 15.9 Å². The first kappa shape index (κ1) is 24.2. The number of pyridine rings is 1. The molecule has 34 heavy (non-hydrogen) atoms. The van der Waals surface area contributed by atoms with E-state index in [1.165, 1.54) is 0 Å². The summed E-state index contributed by atoms with van der Waals surface area (Å²) in [7, 11) is -3.76. The lowest BCUT2D eigenvalue weighted by atomic mass is 9.87. The van der Waals surface area contributed by atoms with Gasteiger partial charge in [0.15, 0.2) is 0 Å². The fraction of sp³-hybridized carbons (Fsp3) is 0.385. The summed E-state index contributed by atoms with van der Waals surface area (Å²) >= 11 is 0. The number of piperidine rings is 1. The van der Waals surface area contributed by atoms with E-state index in [4.69, 9.17) is 4.74 Å². The van der Waals surface area contributed by atoms with Gasteiger partial charge < -0.3 is 9.64 Å². The molecule has 1 saturated heterocycles. The Hall–Kier alpha value is -2.97. The second-order valence-corrected chi connectivity index (χ2v) is 11.4. The molecule has 180 valence electrons. The summed E-state index contributed by atoms with van der Waals surface area (Å²) in [6, 6.07) is 16.5. The van der Waals surface area contributed by atoms with Crippen LogP contribution in [-0.4, -0.2) is 49.9 Å². The Balaban J connectivity index is 1.29. The van der Waals surface area contributed by atoms with Crippen LogP contribution in [0, 0.1) is 0 Å². The number of hydrogen-bond acceptors (Lipinski definition) is 5. The van der Waals surface area contributed by atoms with Crippen molar-refractivity contribution >= 4 is 26.8 Å². The molecule has 0 atom stereocenters. The number of fused-ring (bicyclic) bond motifs is 1. The monoisotopic (exact) mass is 481 g/mol. The number of nitrogens with zero attached hydrogens (tertiary/aromatic N) is 2. The average Bonchev–Trinajstić information content (AvgIpc) is 2.83. The summed E-state index contributed by atoms with van der Waals surface area (Å²) in [5, 5.41) is 1.02. The molecule has 0 spiro atoms. The van der Waals surface area contributed by atoms with Gasteiger partial charge in [-0.1, -0.05) is 51.1 Å². The number of benzene rings is 2. The second-order valence-electron chi connectivity index (χ2n) is 9.63. The molecule has 0 aliphatic carbocycles. The second kappa shape index (κ2) is 9.72. The number of rotatable bonds is 6. The molecule has 1 aliphatic rings. The van der Waals surface area contributed by atoms with E-state index >= 15 is 0 Å². The summed E-state index contributed by atoms with van der Waals surface area (Å²) in [5.41, 5.74) is 1.81. The van der Waals surface area contributed by atoms with Gasteiger partial charge in [0.05, 0.1) is 11.4 Å². The van der Waals surface area contributed by atoms with Gasteiger partial charge in [-0.15, -0.1) is 0 Å². The van der Waals surface area contributed by atoms with Gasteiger partial charge in [0.1, 0.15) is 17.4 Å². The maximum absolute atomic E-state index is 12.6. The van der Waals surface area contributed by atoms with Crippen LogP contribution in [0.2, 0.25) is 0 Å². The molecule has 0 saturated carbocycles. The molecule has 1 amide bonds. The molecule has 3 aromatic rings. The number of carbonyl (C=O) groups is 1. The van der Waals surface area contributed by atoms with Gasteiger partial charge >= 0.3 is 0 Å². The van der Waals surface area contributed by atoms with Crippen LogP contribution in [0.15, 0.2) is 65.7 Å². The number of hydrogen-bond donors (Lipinski definition) is 1. The summed E-state index contributed by atoms with van der Waals surface area (Å²) in [4.78, 5) is 18.9. The zero-order chi connectivity index (χ0) is 24.3. The summed E-state index contributed by atoms with van der Waals surface area (Å²) in [6.45, 7) is 6.98. The first-order valence-electron chi connectivity index (χ1n) is 11.5. The lowest BCUT2D eigenvalue weighted by Crippen LogP contribution is -2.46. The van der Waals surface area contributed by atoms with Crippen molar-refractivity contribution in [3.8, 4) is 5.75 Å². The van der Waals surface area contributed by atoms with Crippen LogP contribution in [-0.2, 0) is 20.2 Å². The Bertz CT molecular complexity index is 1250. The number of likely N-dealkylation sites (tertiary alicyclic amines) is 1. The Kier molecular flexibility index (Phi) is 6.91. The van der Waals surface area contributed by atoms with Crippen LogP contribution in [0.25, 0.3) is 10.9 Å². The van der Waals surface area contributed by atoms with Gasteiger partial charge in [-0.05, 0) is 35.2 Å². The van der Waals surface area contributed by atoms with Crippen LogP contribution in [0.5, 0.6) is 5.75 Å². The molecule has 0 radical (unpaired) electrons. The lowest BCUT2D eigenvalue weighted by molar-refractivity contribution is -0.131. The molecule has 7 nitrogen and oxygen atoms in total. The van der Waals surface area contributed by atoms with Gasteiger partial charge in [0, 0.05) is 37.5 Å². The Morgan fingerprint density at radius 1 is 1.06 bits per heavy atom. The largest absolute Gasteiger partial charge is 0.488 e. The third-order valence-electron chi connectivity index (χ3n) is 6.13. The fourth-order valence-electron chi connectivity index (χ4n) is 4.06. The molecule has 1 aliphatic heterocycles. The summed E-state index contributed by atoms with van der Waals surface area (Å²) < 4.78 is 33.9. The molecule has 4 rings (SSSR count). The molecule has 2 aromatic carbocycles. The van der Waals surface area contributed by atoms with Crippen LogP contribution >= 0.6 is 0 Å². The van der Waals surface area contributed by atoms with E-state index in [0.29, 0.717) is 25.9 Å². The van der Waals surface area contributed by atoms with E-state index in [-0.39, 0.29) is 28.9 Å². The minimum Gasteiger partial charge on any atom is -0.488 e. The molecular formula is C26H31N3O4S. The van der Waals surface area contributed by atoms with Crippen molar-refractivity contribution in [1.29, 1.82) is 0 Å². The number of nitrogens with one attached hydrogen (secondary N) is 1. The Morgan fingerprint density at radius 2 is 1.74 bits per heavy atom. The van der Waals surface area contributed by atoms with Crippen molar-refractivity contribution < 1.29 is 17.9 Å². The number of amides is 1. The summed E-state index contributed by atoms with van der Waals surface area (Å²) in [5.74, 6) is 0.508. The van der Waals surface area contributed by atoms with Crippen molar-refractivity contribution in [2.45, 2.75) is 50.0 Å². The van der Waals surface area contributed by atoms with Crippen LogP contribution in [0.3, 0.4) is 0 Å². The number of para-hydroxylation sites is 1. The third-order valence-corrected chi connectivity index (χ3v) is 7.55. The van der Waals surface area contributed by atoms with Crippen LogP contribution in [0.4, 0.5) is 0 Å². The van der Waals surface area contributed by atoms with Crippen molar-refractivity contribution in [2.75, 3.05) is 19.6 Å². The van der Waals surface area contributed by atoms with Gasteiger partial charge in [0.25, 0.3) is 0 Å². The number of carbonyl (C=O) groups excluding carboxylic acids is 1. The molecule has 2 heterocycles. The SMILES string of the molecule is CC(C)(C)c1ccc(S(=O)(=O)NCC(=O)N2CCC(Oc3cccc4cccnc34)CC2)cc1. The highest BCUT2D eigenvalue weighted by Gasteiger charge is 2.26. The van der Waals surface area contributed by atoms with Crippen molar-refractivity contribution in [3.63, 3.8) is 0 Å². The highest BCUT2D eigenvalue weighted by atomic mass is 32.2. The van der Waals surface area contributed by atoms with Crippen molar-refractivity contribution in [2.24, 2.45) is 0 Å². The average molecular weight is 482 g/mol. The predicted molar refractivity (Wildman–Crippen MR) is 132 cm³/mol. The van der Waals surface area contributed by atoms with E-state index in [1.807, 2.05) is 42.5 Å². The van der Waals surface area contributed by atoms with Gasteiger partial charge in [-0.25, -0.2) is 13.1 Å². The first-order chi connectivity index (χ1) is 16.1. The molecule has 1 N–H and O–H groups in total. The maximum atomic E-state index is 12.6. The van der Waals surface area contributed by atoms with E-state index < -0.39 is 10.0 Å². The molecular weight excluding hydrogens is 450 g/mol. The smallest absolute Gasteiger partial charge is 0.241 e. The minimum atomic E-state index is -3.76. The van der Waals surface area contributed by atoms with E-state index in [0.717, 1.165) is 22.2 Å². The predicted octanol–water partition coefficient (Wildman–Crippen LogP) is 3.88. The van der Waals surface area contributed by atoms with Gasteiger partial charge in [-0.2, -0.15) is 0 Å². The molecule has 1 aromatic heterocycles. The third kappa shape index (κ3) is 5.56. The maximum Gasteiger partial charge on any atom is 0.241 e. The fourth-order valence-corrected chi connectivity index (χ4v) is 5.03. The van der Waals surface area contributed by atoms with E-state index in [1.54, 1.807) is 23.2 Å². The minimum absolute atomic E-state index is 0.0188. The standard InChI is InChI=1S/C26H31N3O4S/c1-26(2,3)20-9-11-22(12-10-20)34(31,32)28-18-24(30)29-16-13-21(14-17-29)33-23-8-4-6-19-7-5-15-27-25(19)23/h4-12,15,21,28H,13-14,16-18H2,1-3H3. The number of sulfonamides is 1. The lowest BCUT2D eigenvalue weighted by Gasteiger charge is -2.32. The topological polar surface area (TPSA) is 88.6 Å². The normalized spacial score (nSPS) is 15.4. The van der Waals surface area contributed by atoms with Crippen molar-refractivity contribution in [1.82, 2.24) is 14.6 Å². The first-order valence-corrected chi connectivity index (χ1v) is 13.0. The van der Waals surface area contributed by atoms with Crippen LogP contribution < -0.4 is 9.46 Å². The zero-order valence-corrected chi connectivity index (χ0v) is 20.6. The highest BCUT2D eigenvalue weighted by Crippen LogP contribution is 2.27. The van der Waals surface area contributed by atoms with Gasteiger partial charge in [-0.3, -0.25) is 9.78 Å². The van der Waals surface area contributed by atoms with E-state index in [9.17, 15) is 13.2 Å². The highest BCUT2D eigenvalue weighted by molar-refractivity contribution is 7.89. The molecule has 1 fully saturated rings. The summed E-state index contributed by atoms with van der Waals surface area (Å²) in [6.07, 6.45) is 3.08. The quantitative estimate of drug-likeness (QED) is 0.577.